The zero-order valence-corrected chi connectivity index (χ0v) is 16.7. The van der Waals surface area contributed by atoms with Gasteiger partial charge in [0.1, 0.15) is 11.6 Å². The van der Waals surface area contributed by atoms with Crippen LogP contribution in [-0.4, -0.2) is 41.9 Å². The summed E-state index contributed by atoms with van der Waals surface area (Å²) in [6.45, 7) is 2.72. The van der Waals surface area contributed by atoms with E-state index in [0.29, 0.717) is 13.1 Å². The molecule has 4 rings (SSSR count). The highest BCUT2D eigenvalue weighted by molar-refractivity contribution is 5.78. The van der Waals surface area contributed by atoms with E-state index in [4.69, 9.17) is 0 Å². The lowest BCUT2D eigenvalue weighted by atomic mass is 9.96. The fourth-order valence-corrected chi connectivity index (χ4v) is 4.01. The Kier molecular flexibility index (Phi) is 6.19. The maximum Gasteiger partial charge on any atom is 0.227 e. The molecule has 3 nitrogen and oxygen atoms in total. The molecule has 3 aromatic rings. The molecule has 1 heterocycles. The van der Waals surface area contributed by atoms with Gasteiger partial charge in [-0.05, 0) is 41.0 Å². The first-order valence-corrected chi connectivity index (χ1v) is 10.2. The number of piperazine rings is 1. The van der Waals surface area contributed by atoms with Gasteiger partial charge >= 0.3 is 0 Å². The van der Waals surface area contributed by atoms with Gasteiger partial charge < -0.3 is 4.90 Å². The molecule has 0 aromatic heterocycles. The predicted molar refractivity (Wildman–Crippen MR) is 113 cm³/mol. The second kappa shape index (κ2) is 9.18. The molecule has 154 valence electrons. The smallest absolute Gasteiger partial charge is 0.227 e. The van der Waals surface area contributed by atoms with Gasteiger partial charge in [0.25, 0.3) is 0 Å². The third-order valence-corrected chi connectivity index (χ3v) is 5.60. The van der Waals surface area contributed by atoms with E-state index in [2.05, 4.69) is 17.0 Å². The maximum absolute atomic E-state index is 13.5. The van der Waals surface area contributed by atoms with Crippen molar-refractivity contribution in [1.29, 1.82) is 0 Å². The molecule has 1 unspecified atom stereocenters. The van der Waals surface area contributed by atoms with Crippen molar-refractivity contribution in [3.63, 3.8) is 0 Å². The summed E-state index contributed by atoms with van der Waals surface area (Å²) in [5.74, 6) is -0.492. The summed E-state index contributed by atoms with van der Waals surface area (Å²) in [4.78, 5) is 16.9. The second-order valence-corrected chi connectivity index (χ2v) is 7.58. The average molecular weight is 406 g/mol. The monoisotopic (exact) mass is 406 g/mol. The number of hydrogen-bond donors (Lipinski definition) is 0. The minimum absolute atomic E-state index is 0.0150. The van der Waals surface area contributed by atoms with E-state index in [1.54, 1.807) is 12.1 Å². The van der Waals surface area contributed by atoms with Crippen molar-refractivity contribution in [2.24, 2.45) is 0 Å². The fourth-order valence-electron chi connectivity index (χ4n) is 4.01. The lowest BCUT2D eigenvalue weighted by Crippen LogP contribution is -2.50. The van der Waals surface area contributed by atoms with Gasteiger partial charge in [0.15, 0.2) is 0 Å². The van der Waals surface area contributed by atoms with Gasteiger partial charge in [-0.3, -0.25) is 9.69 Å². The molecule has 1 saturated heterocycles. The summed E-state index contributed by atoms with van der Waals surface area (Å²) in [7, 11) is 0. The van der Waals surface area contributed by atoms with Crippen LogP contribution in [0.2, 0.25) is 0 Å². The van der Waals surface area contributed by atoms with Crippen molar-refractivity contribution >= 4 is 5.91 Å². The van der Waals surface area contributed by atoms with Crippen molar-refractivity contribution in [3.8, 4) is 0 Å². The third-order valence-electron chi connectivity index (χ3n) is 5.60. The molecule has 0 spiro atoms. The Balaban J connectivity index is 1.45. The summed E-state index contributed by atoms with van der Waals surface area (Å²) in [6.07, 6.45) is 0.278. The van der Waals surface area contributed by atoms with Crippen LogP contribution in [0.15, 0.2) is 78.9 Å². The Labute approximate surface area is 175 Å². The largest absolute Gasteiger partial charge is 0.340 e. The number of halogens is 2. The first-order valence-electron chi connectivity index (χ1n) is 10.2. The summed E-state index contributed by atoms with van der Waals surface area (Å²) in [6, 6.07) is 22.9. The first-order chi connectivity index (χ1) is 14.6. The van der Waals surface area contributed by atoms with Crippen LogP contribution in [0, 0.1) is 11.6 Å². The number of carbonyl (C=O) groups is 1. The van der Waals surface area contributed by atoms with Crippen molar-refractivity contribution < 1.29 is 13.6 Å². The van der Waals surface area contributed by atoms with E-state index in [-0.39, 0.29) is 30.0 Å². The van der Waals surface area contributed by atoms with Crippen molar-refractivity contribution in [2.75, 3.05) is 26.2 Å². The van der Waals surface area contributed by atoms with Crippen LogP contribution >= 0.6 is 0 Å². The van der Waals surface area contributed by atoms with Gasteiger partial charge in [-0.15, -0.1) is 0 Å². The van der Waals surface area contributed by atoms with Crippen LogP contribution < -0.4 is 0 Å². The molecule has 5 heteroatoms. The topological polar surface area (TPSA) is 23.6 Å². The van der Waals surface area contributed by atoms with Gasteiger partial charge in [0.05, 0.1) is 12.5 Å². The molecule has 1 aliphatic rings. The number of rotatable bonds is 5. The van der Waals surface area contributed by atoms with Gasteiger partial charge in [0.2, 0.25) is 5.91 Å². The Hall–Kier alpha value is -3.05. The quantitative estimate of drug-likeness (QED) is 0.625. The Morgan fingerprint density at radius 1 is 0.733 bits per heavy atom. The molecule has 1 atom stereocenters. The van der Waals surface area contributed by atoms with Gasteiger partial charge in [-0.1, -0.05) is 54.6 Å². The van der Waals surface area contributed by atoms with E-state index < -0.39 is 0 Å². The molecular weight excluding hydrogens is 382 g/mol. The third kappa shape index (κ3) is 4.74. The number of benzene rings is 3. The molecule has 0 saturated carbocycles. The first kappa shape index (κ1) is 20.2. The van der Waals surface area contributed by atoms with Crippen LogP contribution in [0.3, 0.4) is 0 Å². The molecule has 30 heavy (non-hydrogen) atoms. The van der Waals surface area contributed by atoms with E-state index >= 15 is 0 Å². The molecule has 3 aromatic carbocycles. The molecule has 1 fully saturated rings. The molecule has 0 radical (unpaired) electrons. The average Bonchev–Trinajstić information content (AvgIpc) is 2.78. The minimum Gasteiger partial charge on any atom is -0.340 e. The molecular formula is C25H24F2N2O. The van der Waals surface area contributed by atoms with Gasteiger partial charge in [0, 0.05) is 26.2 Å². The summed E-state index contributed by atoms with van der Waals surface area (Å²) < 4.78 is 26.5. The second-order valence-electron chi connectivity index (χ2n) is 7.58. The summed E-state index contributed by atoms with van der Waals surface area (Å²) >= 11 is 0. The van der Waals surface area contributed by atoms with Crippen molar-refractivity contribution in [1.82, 2.24) is 9.80 Å². The van der Waals surface area contributed by atoms with Gasteiger partial charge in [-0.2, -0.15) is 0 Å². The van der Waals surface area contributed by atoms with Crippen LogP contribution in [0.5, 0.6) is 0 Å². The maximum atomic E-state index is 13.5. The van der Waals surface area contributed by atoms with Gasteiger partial charge in [-0.25, -0.2) is 8.78 Å². The highest BCUT2D eigenvalue weighted by Crippen LogP contribution is 2.29. The Bertz CT molecular complexity index is 966. The number of hydrogen-bond acceptors (Lipinski definition) is 2. The molecule has 0 N–H and O–H groups in total. The van der Waals surface area contributed by atoms with Crippen molar-refractivity contribution in [3.05, 3.63) is 107 Å². The summed E-state index contributed by atoms with van der Waals surface area (Å²) in [5, 5.41) is 0. The molecule has 1 amide bonds. The lowest BCUT2D eigenvalue weighted by molar-refractivity contribution is -0.132. The SMILES string of the molecule is O=C(Cc1ccc(F)cc1)N1CCN(C(c2ccccc2)c2ccc(F)cc2)CC1. The number of carbonyl (C=O) groups excluding carboxylic acids is 1. The van der Waals surface area contributed by atoms with Crippen LogP contribution in [-0.2, 0) is 11.2 Å². The van der Waals surface area contributed by atoms with Crippen molar-refractivity contribution in [2.45, 2.75) is 12.5 Å². The van der Waals surface area contributed by atoms with E-state index in [9.17, 15) is 13.6 Å². The standard InChI is InChI=1S/C25H24F2N2O/c26-22-10-6-19(7-11-22)18-24(30)28-14-16-29(17-15-28)25(20-4-2-1-3-5-20)21-8-12-23(27)13-9-21/h1-13,25H,14-18H2. The highest BCUT2D eigenvalue weighted by atomic mass is 19.1. The number of nitrogens with zero attached hydrogens (tertiary/aromatic N) is 2. The van der Waals surface area contributed by atoms with E-state index in [1.807, 2.05) is 35.2 Å². The molecule has 1 aliphatic heterocycles. The zero-order chi connectivity index (χ0) is 20.9. The fraction of sp³-hybridized carbons (Fsp3) is 0.240. The highest BCUT2D eigenvalue weighted by Gasteiger charge is 2.28. The Morgan fingerprint density at radius 2 is 1.27 bits per heavy atom. The lowest BCUT2D eigenvalue weighted by Gasteiger charge is -2.40. The molecule has 0 bridgehead atoms. The Morgan fingerprint density at radius 3 is 1.87 bits per heavy atom. The van der Waals surface area contributed by atoms with Crippen LogP contribution in [0.4, 0.5) is 8.78 Å². The summed E-state index contributed by atoms with van der Waals surface area (Å²) in [5.41, 5.74) is 3.00. The van der Waals surface area contributed by atoms with E-state index in [0.717, 1.165) is 29.8 Å². The predicted octanol–water partition coefficient (Wildman–Crippen LogP) is 4.44. The zero-order valence-electron chi connectivity index (χ0n) is 16.7. The normalized spacial score (nSPS) is 15.7. The van der Waals surface area contributed by atoms with Crippen LogP contribution in [0.25, 0.3) is 0 Å². The minimum atomic E-state index is -0.299. The number of amides is 1. The molecule has 0 aliphatic carbocycles. The van der Waals surface area contributed by atoms with Crippen LogP contribution in [0.1, 0.15) is 22.7 Å². The van der Waals surface area contributed by atoms with E-state index in [1.165, 1.54) is 24.3 Å².